The maximum atomic E-state index is 12.7. The highest BCUT2D eigenvalue weighted by Gasteiger charge is 2.34. The molecule has 2 nitrogen and oxygen atoms in total. The van der Waals surface area contributed by atoms with E-state index in [4.69, 9.17) is 0 Å². The summed E-state index contributed by atoms with van der Waals surface area (Å²) in [5.74, 6) is 0. The van der Waals surface area contributed by atoms with Gasteiger partial charge in [0, 0.05) is 18.4 Å². The van der Waals surface area contributed by atoms with Gasteiger partial charge in [-0.3, -0.25) is 4.98 Å². The summed E-state index contributed by atoms with van der Waals surface area (Å²) in [4.78, 5) is 3.74. The van der Waals surface area contributed by atoms with Crippen molar-refractivity contribution in [3.05, 3.63) is 42.2 Å². The molecule has 0 amide bonds. The molecule has 0 saturated heterocycles. The van der Waals surface area contributed by atoms with Crippen LogP contribution < -0.4 is 5.32 Å². The van der Waals surface area contributed by atoms with E-state index < -0.39 is 17.8 Å². The Bertz CT molecular complexity index is 360. The molecule has 0 bridgehead atoms. The molecule has 0 radical (unpaired) electrons. The molecular weight excluding hydrogens is 217 g/mol. The zero-order valence-electron chi connectivity index (χ0n) is 8.88. The molecule has 0 aliphatic carbocycles. The third-order valence-corrected chi connectivity index (χ3v) is 2.28. The molecule has 1 aromatic heterocycles. The number of nitrogens with one attached hydrogen (secondary N) is 1. The summed E-state index contributed by atoms with van der Waals surface area (Å²) in [7, 11) is 1.61. The first-order chi connectivity index (χ1) is 7.50. The lowest BCUT2D eigenvalue weighted by Gasteiger charge is -2.19. The molecule has 0 aromatic carbocycles. The van der Waals surface area contributed by atoms with Crippen molar-refractivity contribution in [2.45, 2.75) is 18.6 Å². The summed E-state index contributed by atoms with van der Waals surface area (Å²) in [5, 5.41) is 2.82. The topological polar surface area (TPSA) is 24.9 Å². The largest absolute Gasteiger partial charge is 0.416 e. The van der Waals surface area contributed by atoms with Crippen molar-refractivity contribution < 1.29 is 13.2 Å². The number of rotatable bonds is 4. The van der Waals surface area contributed by atoms with Crippen molar-refractivity contribution in [3.63, 3.8) is 0 Å². The summed E-state index contributed by atoms with van der Waals surface area (Å²) < 4.78 is 38.1. The van der Waals surface area contributed by atoms with Gasteiger partial charge >= 0.3 is 6.18 Å². The number of halogens is 3. The highest BCUT2D eigenvalue weighted by atomic mass is 19.4. The third-order valence-electron chi connectivity index (χ3n) is 2.28. The molecule has 0 fully saturated rings. The van der Waals surface area contributed by atoms with Crippen molar-refractivity contribution in [1.29, 1.82) is 0 Å². The molecule has 0 aliphatic rings. The molecule has 1 N–H and O–H groups in total. The molecule has 0 aliphatic heterocycles. The first-order valence-corrected chi connectivity index (χ1v) is 4.80. The zero-order valence-corrected chi connectivity index (χ0v) is 8.88. The number of pyridine rings is 1. The Hall–Kier alpha value is -1.36. The van der Waals surface area contributed by atoms with Crippen LogP contribution in [0.25, 0.3) is 0 Å². The number of hydrogen-bond donors (Lipinski definition) is 1. The van der Waals surface area contributed by atoms with Gasteiger partial charge in [-0.15, -0.1) is 6.58 Å². The molecule has 1 heterocycles. The van der Waals surface area contributed by atoms with Crippen molar-refractivity contribution in [2.24, 2.45) is 0 Å². The lowest BCUT2D eigenvalue weighted by Crippen LogP contribution is -2.20. The smallest absolute Gasteiger partial charge is 0.313 e. The Morgan fingerprint density at radius 1 is 1.56 bits per heavy atom. The van der Waals surface area contributed by atoms with Crippen LogP contribution in [0.3, 0.4) is 0 Å². The van der Waals surface area contributed by atoms with Crippen LogP contribution in [0, 0.1) is 0 Å². The van der Waals surface area contributed by atoms with Gasteiger partial charge < -0.3 is 5.32 Å². The molecule has 5 heteroatoms. The second-order valence-electron chi connectivity index (χ2n) is 3.33. The first kappa shape index (κ1) is 12.7. The van der Waals surface area contributed by atoms with E-state index in [9.17, 15) is 13.2 Å². The minimum Gasteiger partial charge on any atom is -0.313 e. The molecule has 1 rings (SSSR count). The summed E-state index contributed by atoms with van der Waals surface area (Å²) in [6, 6.07) is 0.575. The Labute approximate surface area is 92.2 Å². The van der Waals surface area contributed by atoms with Gasteiger partial charge in [-0.05, 0) is 25.1 Å². The van der Waals surface area contributed by atoms with Crippen LogP contribution in [0.15, 0.2) is 31.1 Å². The molecule has 1 unspecified atom stereocenters. The van der Waals surface area contributed by atoms with Crippen molar-refractivity contribution >= 4 is 0 Å². The van der Waals surface area contributed by atoms with Crippen LogP contribution in [-0.2, 0) is 6.18 Å². The van der Waals surface area contributed by atoms with Gasteiger partial charge in [0.05, 0.1) is 5.56 Å². The first-order valence-electron chi connectivity index (χ1n) is 4.80. The van der Waals surface area contributed by atoms with Gasteiger partial charge in [-0.2, -0.15) is 13.2 Å². The Balaban J connectivity index is 3.16. The van der Waals surface area contributed by atoms with Gasteiger partial charge in [0.25, 0.3) is 0 Å². The summed E-state index contributed by atoms with van der Waals surface area (Å²) in [5.41, 5.74) is -0.499. The van der Waals surface area contributed by atoms with Crippen LogP contribution in [0.5, 0.6) is 0 Å². The van der Waals surface area contributed by atoms with E-state index in [-0.39, 0.29) is 5.56 Å². The van der Waals surface area contributed by atoms with E-state index in [1.807, 2.05) is 0 Å². The van der Waals surface area contributed by atoms with E-state index >= 15 is 0 Å². The SMILES string of the molecule is C=CCC(NC)c1cnccc1C(F)(F)F. The third kappa shape index (κ3) is 2.82. The van der Waals surface area contributed by atoms with Crippen molar-refractivity contribution in [3.8, 4) is 0 Å². The van der Waals surface area contributed by atoms with Gasteiger partial charge in [-0.25, -0.2) is 0 Å². The van der Waals surface area contributed by atoms with Gasteiger partial charge in [0.2, 0.25) is 0 Å². The predicted molar refractivity (Wildman–Crippen MR) is 55.9 cm³/mol. The summed E-state index contributed by atoms with van der Waals surface area (Å²) in [6.07, 6.45) is 0.0363. The lowest BCUT2D eigenvalue weighted by molar-refractivity contribution is -0.138. The fourth-order valence-electron chi connectivity index (χ4n) is 1.51. The van der Waals surface area contributed by atoms with Crippen molar-refractivity contribution in [2.75, 3.05) is 7.05 Å². The Kier molecular flexibility index (Phi) is 4.06. The fraction of sp³-hybridized carbons (Fsp3) is 0.364. The average Bonchev–Trinajstić information content (AvgIpc) is 2.25. The normalized spacial score (nSPS) is 13.5. The molecule has 16 heavy (non-hydrogen) atoms. The zero-order chi connectivity index (χ0) is 12.2. The maximum absolute atomic E-state index is 12.7. The number of hydrogen-bond acceptors (Lipinski definition) is 2. The standard InChI is InChI=1S/C11H13F3N2/c1-3-4-10(15-2)8-7-16-6-5-9(8)11(12,13)14/h3,5-7,10,15H,1,4H2,2H3. The van der Waals surface area contributed by atoms with E-state index in [2.05, 4.69) is 16.9 Å². The van der Waals surface area contributed by atoms with Gasteiger partial charge in [-0.1, -0.05) is 6.08 Å². The van der Waals surface area contributed by atoms with Gasteiger partial charge in [0.1, 0.15) is 0 Å². The summed E-state index contributed by atoms with van der Waals surface area (Å²) >= 11 is 0. The Morgan fingerprint density at radius 2 is 2.25 bits per heavy atom. The highest BCUT2D eigenvalue weighted by Crippen LogP contribution is 2.34. The molecular formula is C11H13F3N2. The molecule has 0 spiro atoms. The van der Waals surface area contributed by atoms with E-state index in [1.165, 1.54) is 6.20 Å². The van der Waals surface area contributed by atoms with Gasteiger partial charge in [0.15, 0.2) is 0 Å². The van der Waals surface area contributed by atoms with E-state index in [1.54, 1.807) is 13.1 Å². The van der Waals surface area contributed by atoms with Crippen molar-refractivity contribution in [1.82, 2.24) is 10.3 Å². The number of alkyl halides is 3. The van der Waals surface area contributed by atoms with Crippen LogP contribution in [0.1, 0.15) is 23.6 Å². The second-order valence-corrected chi connectivity index (χ2v) is 3.33. The fourth-order valence-corrected chi connectivity index (χ4v) is 1.51. The van der Waals surface area contributed by atoms with Crippen LogP contribution in [0.4, 0.5) is 13.2 Å². The monoisotopic (exact) mass is 230 g/mol. The minimum atomic E-state index is -4.35. The predicted octanol–water partition coefficient (Wildman–Crippen LogP) is 2.94. The van der Waals surface area contributed by atoms with Crippen LogP contribution >= 0.6 is 0 Å². The molecule has 1 atom stereocenters. The van der Waals surface area contributed by atoms with E-state index in [0.717, 1.165) is 12.3 Å². The van der Waals surface area contributed by atoms with E-state index in [0.29, 0.717) is 6.42 Å². The minimum absolute atomic E-state index is 0.150. The molecule has 0 saturated carbocycles. The molecule has 1 aromatic rings. The Morgan fingerprint density at radius 3 is 2.75 bits per heavy atom. The molecule has 88 valence electrons. The quantitative estimate of drug-likeness (QED) is 0.804. The van der Waals surface area contributed by atoms with Crippen LogP contribution in [-0.4, -0.2) is 12.0 Å². The maximum Gasteiger partial charge on any atom is 0.416 e. The van der Waals surface area contributed by atoms with Crippen LogP contribution in [0.2, 0.25) is 0 Å². The summed E-state index contributed by atoms with van der Waals surface area (Å²) in [6.45, 7) is 3.52. The second kappa shape index (κ2) is 5.12. The average molecular weight is 230 g/mol. The highest BCUT2D eigenvalue weighted by molar-refractivity contribution is 5.29. The number of nitrogens with zero attached hydrogens (tertiary/aromatic N) is 1. The lowest BCUT2D eigenvalue weighted by atomic mass is 10.00. The number of aromatic nitrogens is 1.